The first-order valence-corrected chi connectivity index (χ1v) is 4.98. The van der Waals surface area contributed by atoms with Gasteiger partial charge in [0.15, 0.2) is 5.60 Å². The second-order valence-electron chi connectivity index (χ2n) is 4.20. The fourth-order valence-electron chi connectivity index (χ4n) is 0.961. The van der Waals surface area contributed by atoms with Crippen LogP contribution >= 0.6 is 0 Å². The summed E-state index contributed by atoms with van der Waals surface area (Å²) in [6.07, 6.45) is 1.80. The largest absolute Gasteiger partial charge is 0.479 e. The van der Waals surface area contributed by atoms with Crippen molar-refractivity contribution in [2.45, 2.75) is 51.7 Å². The third-order valence-corrected chi connectivity index (χ3v) is 2.88. The van der Waals surface area contributed by atoms with Gasteiger partial charge in [0.05, 0.1) is 0 Å². The molecule has 0 aliphatic rings. The van der Waals surface area contributed by atoms with Crippen LogP contribution in [-0.4, -0.2) is 33.9 Å². The van der Waals surface area contributed by atoms with E-state index in [1.807, 2.05) is 20.8 Å². The molecule has 0 rings (SSSR count). The molecule has 0 aliphatic carbocycles. The minimum absolute atomic E-state index is 0.0700. The summed E-state index contributed by atoms with van der Waals surface area (Å²) in [7, 11) is 0. The molecular weight excluding hydrogens is 182 g/mol. The van der Waals surface area contributed by atoms with E-state index in [9.17, 15) is 9.90 Å². The Morgan fingerprint density at radius 1 is 1.29 bits per heavy atom. The van der Waals surface area contributed by atoms with Gasteiger partial charge in [-0.15, -0.1) is 0 Å². The molecular formula is C10H21NO3. The van der Waals surface area contributed by atoms with Crippen molar-refractivity contribution < 1.29 is 15.0 Å². The summed E-state index contributed by atoms with van der Waals surface area (Å²) in [6.45, 7) is 7.46. The molecule has 0 radical (unpaired) electrons. The van der Waals surface area contributed by atoms with E-state index >= 15 is 0 Å². The van der Waals surface area contributed by atoms with E-state index in [1.165, 1.54) is 6.92 Å². The van der Waals surface area contributed by atoms with Crippen molar-refractivity contribution in [1.29, 1.82) is 0 Å². The Bertz CT molecular complexity index is 198. The number of aliphatic hydroxyl groups is 1. The van der Waals surface area contributed by atoms with Gasteiger partial charge in [-0.05, 0) is 26.7 Å². The van der Waals surface area contributed by atoms with E-state index in [4.69, 9.17) is 5.11 Å². The topological polar surface area (TPSA) is 69.6 Å². The van der Waals surface area contributed by atoms with Crippen molar-refractivity contribution in [1.82, 2.24) is 5.32 Å². The first kappa shape index (κ1) is 13.4. The van der Waals surface area contributed by atoms with Gasteiger partial charge in [-0.2, -0.15) is 0 Å². The Morgan fingerprint density at radius 2 is 1.71 bits per heavy atom. The number of nitrogens with one attached hydrogen (secondary N) is 1. The van der Waals surface area contributed by atoms with E-state index in [2.05, 4.69) is 5.32 Å². The lowest BCUT2D eigenvalue weighted by molar-refractivity contribution is -0.156. The third kappa shape index (κ3) is 3.64. The average molecular weight is 203 g/mol. The quantitative estimate of drug-likeness (QED) is 0.602. The van der Waals surface area contributed by atoms with Crippen LogP contribution in [0.2, 0.25) is 0 Å². The van der Waals surface area contributed by atoms with Crippen LogP contribution in [0.4, 0.5) is 0 Å². The zero-order valence-corrected chi connectivity index (χ0v) is 9.42. The summed E-state index contributed by atoms with van der Waals surface area (Å²) in [5, 5.41) is 21.3. The fourth-order valence-corrected chi connectivity index (χ4v) is 0.961. The molecule has 0 fully saturated rings. The summed E-state index contributed by atoms with van der Waals surface area (Å²) >= 11 is 0. The minimum Gasteiger partial charge on any atom is -0.479 e. The second kappa shape index (κ2) is 4.75. The van der Waals surface area contributed by atoms with Gasteiger partial charge in [0.2, 0.25) is 0 Å². The van der Waals surface area contributed by atoms with Gasteiger partial charge in [0.1, 0.15) is 0 Å². The highest BCUT2D eigenvalue weighted by molar-refractivity contribution is 5.76. The van der Waals surface area contributed by atoms with Gasteiger partial charge in [-0.1, -0.05) is 13.8 Å². The summed E-state index contributed by atoms with van der Waals surface area (Å²) in [5.74, 6) is -1.19. The SMILES string of the molecule is CCC(C)(CC)NCC(C)(O)C(=O)O. The van der Waals surface area contributed by atoms with Crippen LogP contribution in [0.3, 0.4) is 0 Å². The highest BCUT2D eigenvalue weighted by atomic mass is 16.4. The highest BCUT2D eigenvalue weighted by Crippen LogP contribution is 2.14. The molecule has 1 atom stereocenters. The Morgan fingerprint density at radius 3 is 2.00 bits per heavy atom. The molecule has 3 N–H and O–H groups in total. The van der Waals surface area contributed by atoms with Crippen LogP contribution in [0.5, 0.6) is 0 Å². The van der Waals surface area contributed by atoms with Crippen LogP contribution in [0.1, 0.15) is 40.5 Å². The lowest BCUT2D eigenvalue weighted by atomic mass is 9.94. The maximum atomic E-state index is 10.6. The molecule has 0 aromatic carbocycles. The molecule has 1 unspecified atom stereocenters. The number of carboxylic acid groups (broad SMARTS) is 1. The Balaban J connectivity index is 4.23. The number of rotatable bonds is 6. The standard InChI is InChI=1S/C10H21NO3/c1-5-9(3,6-2)11-7-10(4,14)8(12)13/h11,14H,5-7H2,1-4H3,(H,12,13). The number of carboxylic acids is 1. The predicted molar refractivity (Wildman–Crippen MR) is 55.2 cm³/mol. The lowest BCUT2D eigenvalue weighted by Crippen LogP contribution is -2.52. The van der Waals surface area contributed by atoms with E-state index in [1.54, 1.807) is 0 Å². The smallest absolute Gasteiger partial charge is 0.336 e. The monoisotopic (exact) mass is 203 g/mol. The summed E-state index contributed by atoms with van der Waals surface area (Å²) in [6, 6.07) is 0. The van der Waals surface area contributed by atoms with Gasteiger partial charge < -0.3 is 15.5 Å². The number of hydrogen-bond donors (Lipinski definition) is 3. The van der Waals surface area contributed by atoms with Gasteiger partial charge in [-0.3, -0.25) is 0 Å². The Hall–Kier alpha value is -0.610. The maximum Gasteiger partial charge on any atom is 0.336 e. The molecule has 84 valence electrons. The summed E-state index contributed by atoms with van der Waals surface area (Å²) < 4.78 is 0. The number of β-amino-alcohol motifs (C(OH)–C–C–N with tert-alkyl or cyclic N) is 1. The zero-order valence-electron chi connectivity index (χ0n) is 9.42. The minimum atomic E-state index is -1.69. The number of aliphatic carboxylic acids is 1. The van der Waals surface area contributed by atoms with Crippen LogP contribution < -0.4 is 5.32 Å². The first-order chi connectivity index (χ1) is 6.27. The van der Waals surface area contributed by atoms with Crippen molar-refractivity contribution >= 4 is 5.97 Å². The summed E-state index contributed by atoms with van der Waals surface area (Å²) in [5.41, 5.74) is -1.79. The molecule has 0 amide bonds. The van der Waals surface area contributed by atoms with Crippen molar-refractivity contribution in [2.75, 3.05) is 6.54 Å². The van der Waals surface area contributed by atoms with Crippen LogP contribution in [0, 0.1) is 0 Å². The molecule has 0 heterocycles. The van der Waals surface area contributed by atoms with Gasteiger partial charge >= 0.3 is 5.97 Å². The number of hydrogen-bond acceptors (Lipinski definition) is 3. The van der Waals surface area contributed by atoms with Crippen molar-refractivity contribution in [2.24, 2.45) is 0 Å². The van der Waals surface area contributed by atoms with E-state index < -0.39 is 11.6 Å². The van der Waals surface area contributed by atoms with Crippen molar-refractivity contribution in [3.8, 4) is 0 Å². The zero-order chi connectivity index (χ0) is 11.4. The van der Waals surface area contributed by atoms with E-state index in [0.717, 1.165) is 12.8 Å². The third-order valence-electron chi connectivity index (χ3n) is 2.88. The first-order valence-electron chi connectivity index (χ1n) is 4.98. The normalized spacial score (nSPS) is 16.4. The molecule has 0 bridgehead atoms. The number of carbonyl (C=O) groups is 1. The molecule has 0 saturated carbocycles. The maximum absolute atomic E-state index is 10.6. The van der Waals surface area contributed by atoms with Crippen LogP contribution in [0.25, 0.3) is 0 Å². The van der Waals surface area contributed by atoms with Crippen LogP contribution in [0.15, 0.2) is 0 Å². The van der Waals surface area contributed by atoms with Gasteiger partial charge in [-0.25, -0.2) is 4.79 Å². The molecule has 4 nitrogen and oxygen atoms in total. The predicted octanol–water partition coefficient (Wildman–Crippen LogP) is 0.990. The summed E-state index contributed by atoms with van der Waals surface area (Å²) in [4.78, 5) is 10.6. The van der Waals surface area contributed by atoms with Crippen molar-refractivity contribution in [3.63, 3.8) is 0 Å². The lowest BCUT2D eigenvalue weighted by Gasteiger charge is -2.31. The van der Waals surface area contributed by atoms with Crippen molar-refractivity contribution in [3.05, 3.63) is 0 Å². The fraction of sp³-hybridized carbons (Fsp3) is 0.900. The van der Waals surface area contributed by atoms with Crippen LogP contribution in [-0.2, 0) is 4.79 Å². The van der Waals surface area contributed by atoms with E-state index in [-0.39, 0.29) is 12.1 Å². The van der Waals surface area contributed by atoms with E-state index in [0.29, 0.717) is 0 Å². The second-order valence-corrected chi connectivity index (χ2v) is 4.20. The van der Waals surface area contributed by atoms with Gasteiger partial charge in [0, 0.05) is 12.1 Å². The Labute approximate surface area is 85.3 Å². The molecule has 0 spiro atoms. The molecule has 0 aromatic heterocycles. The molecule has 14 heavy (non-hydrogen) atoms. The highest BCUT2D eigenvalue weighted by Gasteiger charge is 2.32. The molecule has 0 aromatic rings. The average Bonchev–Trinajstić information content (AvgIpc) is 2.14. The Kier molecular flexibility index (Phi) is 4.55. The molecule has 0 saturated heterocycles. The van der Waals surface area contributed by atoms with Gasteiger partial charge in [0.25, 0.3) is 0 Å². The molecule has 4 heteroatoms. The molecule has 0 aliphatic heterocycles.